The second-order valence-electron chi connectivity index (χ2n) is 2.14. The van der Waals surface area contributed by atoms with Crippen molar-refractivity contribution in [1.29, 1.82) is 0 Å². The summed E-state index contributed by atoms with van der Waals surface area (Å²) in [6.07, 6.45) is 0. The third kappa shape index (κ3) is 7.03. The Hall–Kier alpha value is -1.35. The Morgan fingerprint density at radius 1 is 1.23 bits per heavy atom. The standard InChI is InChI=1S/C7H6O2.C2H3ClO/c8-7(9)6-4-2-1-3-5-6;1-2(3)4/h1-5H,(H,8,9);1H3. The highest BCUT2D eigenvalue weighted by molar-refractivity contribution is 6.62. The summed E-state index contributed by atoms with van der Waals surface area (Å²) in [6.45, 7) is 1.29. The topological polar surface area (TPSA) is 54.4 Å². The molecule has 0 radical (unpaired) electrons. The number of carboxylic acids is 1. The summed E-state index contributed by atoms with van der Waals surface area (Å²) in [4.78, 5) is 19.4. The van der Waals surface area contributed by atoms with Crippen molar-refractivity contribution in [3.8, 4) is 0 Å². The van der Waals surface area contributed by atoms with Crippen LogP contribution in [0.2, 0.25) is 0 Å². The van der Waals surface area contributed by atoms with E-state index in [0.29, 0.717) is 5.56 Å². The van der Waals surface area contributed by atoms with Crippen LogP contribution in [0.3, 0.4) is 0 Å². The Morgan fingerprint density at radius 2 is 1.62 bits per heavy atom. The van der Waals surface area contributed by atoms with Crippen molar-refractivity contribution in [2.45, 2.75) is 6.92 Å². The van der Waals surface area contributed by atoms with Crippen molar-refractivity contribution in [2.24, 2.45) is 0 Å². The van der Waals surface area contributed by atoms with Crippen LogP contribution in [0.25, 0.3) is 0 Å². The van der Waals surface area contributed by atoms with Crippen LogP contribution >= 0.6 is 11.6 Å². The minimum atomic E-state index is -0.879. The summed E-state index contributed by atoms with van der Waals surface area (Å²) >= 11 is 4.64. The zero-order chi connectivity index (χ0) is 10.3. The molecule has 0 heterocycles. The molecule has 0 spiro atoms. The number of aromatic carboxylic acids is 1. The summed E-state index contributed by atoms with van der Waals surface area (Å²) in [5.74, 6) is -0.879. The van der Waals surface area contributed by atoms with E-state index in [1.807, 2.05) is 0 Å². The molecule has 70 valence electrons. The van der Waals surface area contributed by atoms with Gasteiger partial charge in [0.1, 0.15) is 0 Å². The van der Waals surface area contributed by atoms with E-state index in [1.54, 1.807) is 30.3 Å². The first-order valence-corrected chi connectivity index (χ1v) is 3.86. The number of carboxylic acid groups (broad SMARTS) is 1. The lowest BCUT2D eigenvalue weighted by Gasteiger charge is -1.88. The number of hydrogen-bond donors (Lipinski definition) is 1. The predicted octanol–water partition coefficient (Wildman–Crippen LogP) is 2.16. The molecule has 0 atom stereocenters. The monoisotopic (exact) mass is 200 g/mol. The molecular formula is C9H9ClO3. The molecule has 1 aromatic carbocycles. The Labute approximate surface area is 81.0 Å². The molecule has 0 fully saturated rings. The molecule has 1 N–H and O–H groups in total. The van der Waals surface area contributed by atoms with Gasteiger partial charge in [-0.1, -0.05) is 18.2 Å². The highest BCUT2D eigenvalue weighted by Crippen LogP contribution is 1.96. The molecule has 4 heteroatoms. The summed E-state index contributed by atoms with van der Waals surface area (Å²) in [5, 5.41) is 8.02. The Morgan fingerprint density at radius 3 is 1.85 bits per heavy atom. The van der Waals surface area contributed by atoms with E-state index in [2.05, 4.69) is 11.6 Å². The molecule has 0 amide bonds. The van der Waals surface area contributed by atoms with Crippen LogP contribution in [0, 0.1) is 0 Å². The third-order valence-electron chi connectivity index (χ3n) is 1.02. The molecule has 1 rings (SSSR count). The molecule has 0 saturated carbocycles. The van der Waals surface area contributed by atoms with Crippen LogP contribution in [0.5, 0.6) is 0 Å². The molecule has 0 bridgehead atoms. The number of hydrogen-bond acceptors (Lipinski definition) is 2. The van der Waals surface area contributed by atoms with Crippen molar-refractivity contribution in [2.75, 3.05) is 0 Å². The van der Waals surface area contributed by atoms with E-state index in [9.17, 15) is 9.59 Å². The smallest absolute Gasteiger partial charge is 0.335 e. The SMILES string of the molecule is CC(=O)Cl.O=C(O)c1ccccc1. The van der Waals surface area contributed by atoms with Crippen LogP contribution in [-0.2, 0) is 4.79 Å². The zero-order valence-corrected chi connectivity index (χ0v) is 7.78. The van der Waals surface area contributed by atoms with Gasteiger partial charge in [-0.3, -0.25) is 4.79 Å². The van der Waals surface area contributed by atoms with E-state index in [1.165, 1.54) is 6.92 Å². The second-order valence-corrected chi connectivity index (χ2v) is 2.67. The van der Waals surface area contributed by atoms with Crippen molar-refractivity contribution >= 4 is 22.8 Å². The van der Waals surface area contributed by atoms with Gasteiger partial charge in [0, 0.05) is 6.92 Å². The molecule has 0 aromatic heterocycles. The average Bonchev–Trinajstić information content (AvgIpc) is 2.05. The Bertz CT molecular complexity index is 278. The minimum absolute atomic E-state index is 0.331. The van der Waals surface area contributed by atoms with Crippen LogP contribution in [0.4, 0.5) is 0 Å². The zero-order valence-electron chi connectivity index (χ0n) is 7.03. The molecule has 0 unspecified atom stereocenters. The van der Waals surface area contributed by atoms with Gasteiger partial charge in [0.15, 0.2) is 0 Å². The summed E-state index contributed by atoms with van der Waals surface area (Å²) in [5.41, 5.74) is 0.331. The van der Waals surface area contributed by atoms with Crippen LogP contribution < -0.4 is 0 Å². The first-order valence-electron chi connectivity index (χ1n) is 3.48. The number of carbonyl (C=O) groups is 2. The van der Waals surface area contributed by atoms with E-state index in [0.717, 1.165) is 0 Å². The fourth-order valence-corrected chi connectivity index (χ4v) is 0.581. The van der Waals surface area contributed by atoms with E-state index >= 15 is 0 Å². The first kappa shape index (κ1) is 11.6. The summed E-state index contributed by atoms with van der Waals surface area (Å²) in [6, 6.07) is 8.30. The number of carbonyl (C=O) groups excluding carboxylic acids is 1. The highest BCUT2D eigenvalue weighted by Gasteiger charge is 1.96. The molecule has 0 aliphatic heterocycles. The van der Waals surface area contributed by atoms with Crippen LogP contribution in [0.1, 0.15) is 17.3 Å². The molecule has 3 nitrogen and oxygen atoms in total. The van der Waals surface area contributed by atoms with Crippen molar-refractivity contribution in [3.05, 3.63) is 35.9 Å². The average molecular weight is 201 g/mol. The maximum Gasteiger partial charge on any atom is 0.335 e. The van der Waals surface area contributed by atoms with Gasteiger partial charge in [-0.25, -0.2) is 4.79 Å². The molecule has 0 saturated heterocycles. The largest absolute Gasteiger partial charge is 0.478 e. The number of benzene rings is 1. The molecule has 0 aliphatic rings. The predicted molar refractivity (Wildman–Crippen MR) is 49.9 cm³/mol. The summed E-state index contributed by atoms with van der Waals surface area (Å²) < 4.78 is 0. The number of halogens is 1. The van der Waals surface area contributed by atoms with E-state index in [-0.39, 0.29) is 5.24 Å². The lowest BCUT2D eigenvalue weighted by atomic mass is 10.2. The third-order valence-corrected chi connectivity index (χ3v) is 1.02. The molecular weight excluding hydrogens is 192 g/mol. The van der Waals surface area contributed by atoms with Gasteiger partial charge in [0.2, 0.25) is 5.24 Å². The Kier molecular flexibility index (Phi) is 5.55. The van der Waals surface area contributed by atoms with Crippen LogP contribution in [-0.4, -0.2) is 16.3 Å². The van der Waals surface area contributed by atoms with Gasteiger partial charge in [0.05, 0.1) is 5.56 Å². The minimum Gasteiger partial charge on any atom is -0.478 e. The fraction of sp³-hybridized carbons (Fsp3) is 0.111. The quantitative estimate of drug-likeness (QED) is 0.707. The lowest BCUT2D eigenvalue weighted by Crippen LogP contribution is -1.93. The van der Waals surface area contributed by atoms with E-state index < -0.39 is 5.97 Å². The lowest BCUT2D eigenvalue weighted by molar-refractivity contribution is -0.109. The van der Waals surface area contributed by atoms with Gasteiger partial charge in [-0.15, -0.1) is 0 Å². The normalized spacial score (nSPS) is 8.15. The van der Waals surface area contributed by atoms with Crippen molar-refractivity contribution in [1.82, 2.24) is 0 Å². The first-order chi connectivity index (χ1) is 6.04. The molecule has 13 heavy (non-hydrogen) atoms. The van der Waals surface area contributed by atoms with E-state index in [4.69, 9.17) is 5.11 Å². The van der Waals surface area contributed by atoms with Gasteiger partial charge in [0.25, 0.3) is 0 Å². The maximum atomic E-state index is 10.2. The molecule has 1 aromatic rings. The Balaban J connectivity index is 0.000000310. The van der Waals surface area contributed by atoms with Gasteiger partial charge >= 0.3 is 5.97 Å². The van der Waals surface area contributed by atoms with Gasteiger partial charge in [-0.2, -0.15) is 0 Å². The fourth-order valence-electron chi connectivity index (χ4n) is 0.581. The molecule has 0 aliphatic carbocycles. The summed E-state index contributed by atoms with van der Waals surface area (Å²) in [7, 11) is 0. The van der Waals surface area contributed by atoms with Crippen molar-refractivity contribution < 1.29 is 14.7 Å². The number of rotatable bonds is 1. The van der Waals surface area contributed by atoms with Crippen molar-refractivity contribution in [3.63, 3.8) is 0 Å². The van der Waals surface area contributed by atoms with Gasteiger partial charge in [-0.05, 0) is 23.7 Å². The van der Waals surface area contributed by atoms with Gasteiger partial charge < -0.3 is 5.11 Å². The maximum absolute atomic E-state index is 10.2. The second kappa shape index (κ2) is 6.20. The van der Waals surface area contributed by atoms with Crippen LogP contribution in [0.15, 0.2) is 30.3 Å². The highest BCUT2D eigenvalue weighted by atomic mass is 35.5.